The number of nitrogens with zero attached hydrogens (tertiary/aromatic N) is 4. The first-order valence-corrected chi connectivity index (χ1v) is 8.12. The van der Waals surface area contributed by atoms with Crippen LogP contribution >= 0.6 is 0 Å². The highest BCUT2D eigenvalue weighted by Gasteiger charge is 2.38. The summed E-state index contributed by atoms with van der Waals surface area (Å²) in [6, 6.07) is 3.26. The Balaban J connectivity index is 2.09. The second-order valence-electron chi connectivity index (χ2n) is 6.99. The predicted molar refractivity (Wildman–Crippen MR) is 93.2 cm³/mol. The van der Waals surface area contributed by atoms with Crippen LogP contribution in [0.25, 0.3) is 10.9 Å². The third-order valence-corrected chi connectivity index (χ3v) is 4.58. The molecule has 0 saturated carbocycles. The summed E-state index contributed by atoms with van der Waals surface area (Å²) >= 11 is 0. The summed E-state index contributed by atoms with van der Waals surface area (Å²) in [6.45, 7) is 6.69. The Labute approximate surface area is 144 Å². The molecule has 0 aliphatic carbocycles. The van der Waals surface area contributed by atoms with Gasteiger partial charge in [-0.25, -0.2) is 4.79 Å². The van der Waals surface area contributed by atoms with E-state index in [0.29, 0.717) is 36.1 Å². The van der Waals surface area contributed by atoms with Crippen LogP contribution in [0.4, 0.5) is 16.2 Å². The number of carboxylic acid groups (broad SMARTS) is 1. The van der Waals surface area contributed by atoms with Crippen molar-refractivity contribution in [2.45, 2.75) is 38.8 Å². The van der Waals surface area contributed by atoms with Crippen molar-refractivity contribution < 1.29 is 14.8 Å². The van der Waals surface area contributed by atoms with Gasteiger partial charge >= 0.3 is 6.09 Å². The average molecular weight is 347 g/mol. The van der Waals surface area contributed by atoms with E-state index in [0.717, 1.165) is 0 Å². The fraction of sp³-hybridized carbons (Fsp3) is 0.500. The van der Waals surface area contributed by atoms with Gasteiger partial charge in [0, 0.05) is 31.4 Å². The average Bonchev–Trinajstić information content (AvgIpc) is 3.08. The first-order valence-electron chi connectivity index (χ1n) is 8.12. The second kappa shape index (κ2) is 5.91. The normalized spacial score (nSPS) is 20.4. The van der Waals surface area contributed by atoms with Crippen molar-refractivity contribution in [1.82, 2.24) is 15.1 Å². The molecule has 2 N–H and O–H groups in total. The summed E-state index contributed by atoms with van der Waals surface area (Å²) < 4.78 is 1.78. The highest BCUT2D eigenvalue weighted by Crippen LogP contribution is 2.39. The SMILES string of the molecule is CC(C)n1cc2c(N3CC[C@@](C)(NC(=O)O)C3)c([N+](=O)[O-])ccc2n1. The van der Waals surface area contributed by atoms with Gasteiger partial charge in [-0.1, -0.05) is 0 Å². The standard InChI is InChI=1S/C16H21N5O4/c1-10(2)20-8-11-12(18-20)4-5-13(21(24)25)14(11)19-7-6-16(3,9-19)17-15(22)23/h4-5,8,10,17H,6-7,9H2,1-3H3,(H,22,23)/t16-/m1/s1. The van der Waals surface area contributed by atoms with E-state index < -0.39 is 16.6 Å². The van der Waals surface area contributed by atoms with E-state index in [2.05, 4.69) is 10.4 Å². The van der Waals surface area contributed by atoms with Crippen LogP contribution < -0.4 is 10.2 Å². The van der Waals surface area contributed by atoms with Gasteiger partial charge in [0.25, 0.3) is 5.69 Å². The molecule has 1 aromatic heterocycles. The topological polar surface area (TPSA) is 114 Å². The Morgan fingerprint density at radius 2 is 2.20 bits per heavy atom. The highest BCUT2D eigenvalue weighted by molar-refractivity contribution is 5.97. The lowest BCUT2D eigenvalue weighted by molar-refractivity contribution is -0.384. The molecule has 1 aliphatic heterocycles. The fourth-order valence-corrected chi connectivity index (χ4v) is 3.34. The van der Waals surface area contributed by atoms with Crippen LogP contribution in [0.15, 0.2) is 18.3 Å². The van der Waals surface area contributed by atoms with E-state index in [1.165, 1.54) is 6.07 Å². The third-order valence-electron chi connectivity index (χ3n) is 4.58. The van der Waals surface area contributed by atoms with E-state index in [4.69, 9.17) is 5.11 Å². The van der Waals surface area contributed by atoms with Gasteiger partial charge in [0.1, 0.15) is 5.69 Å². The zero-order chi connectivity index (χ0) is 18.4. The zero-order valence-corrected chi connectivity index (χ0v) is 14.4. The minimum absolute atomic E-state index is 0.00961. The summed E-state index contributed by atoms with van der Waals surface area (Å²) in [7, 11) is 0. The number of amides is 1. The molecule has 25 heavy (non-hydrogen) atoms. The molecule has 0 bridgehead atoms. The summed E-state index contributed by atoms with van der Waals surface area (Å²) in [5.41, 5.74) is 0.561. The number of nitro benzene ring substituents is 1. The Bertz CT molecular complexity index is 846. The molecule has 0 unspecified atom stereocenters. The molecule has 1 amide bonds. The van der Waals surface area contributed by atoms with Crippen molar-refractivity contribution in [3.05, 3.63) is 28.4 Å². The molecule has 2 aromatic rings. The Hall–Kier alpha value is -2.84. The number of nitrogens with one attached hydrogen (secondary N) is 1. The number of aromatic nitrogens is 2. The van der Waals surface area contributed by atoms with Gasteiger partial charge in [0.05, 0.1) is 21.4 Å². The van der Waals surface area contributed by atoms with Gasteiger partial charge < -0.3 is 15.3 Å². The molecule has 2 heterocycles. The van der Waals surface area contributed by atoms with Crippen molar-refractivity contribution in [1.29, 1.82) is 0 Å². The number of hydrogen-bond donors (Lipinski definition) is 2. The van der Waals surface area contributed by atoms with Crippen molar-refractivity contribution >= 4 is 28.4 Å². The molecule has 9 nitrogen and oxygen atoms in total. The molecule has 1 atom stereocenters. The second-order valence-corrected chi connectivity index (χ2v) is 6.99. The number of hydrogen-bond acceptors (Lipinski definition) is 5. The molecule has 3 rings (SSSR count). The van der Waals surface area contributed by atoms with E-state index in [9.17, 15) is 14.9 Å². The van der Waals surface area contributed by atoms with Crippen LogP contribution in [-0.2, 0) is 0 Å². The van der Waals surface area contributed by atoms with Crippen LogP contribution in [0.3, 0.4) is 0 Å². The Kier molecular flexibility index (Phi) is 4.02. The molecular formula is C16H21N5O4. The van der Waals surface area contributed by atoms with Gasteiger partial charge in [0.15, 0.2) is 0 Å². The summed E-state index contributed by atoms with van der Waals surface area (Å²) in [5, 5.41) is 28.3. The first-order chi connectivity index (χ1) is 11.7. The predicted octanol–water partition coefficient (Wildman–Crippen LogP) is 2.76. The van der Waals surface area contributed by atoms with E-state index in [-0.39, 0.29) is 11.7 Å². The zero-order valence-electron chi connectivity index (χ0n) is 14.4. The molecule has 1 aliphatic rings. The molecular weight excluding hydrogens is 326 g/mol. The number of fused-ring (bicyclic) bond motifs is 1. The minimum atomic E-state index is -1.09. The molecule has 9 heteroatoms. The number of anilines is 1. The lowest BCUT2D eigenvalue weighted by atomic mass is 10.0. The van der Waals surface area contributed by atoms with E-state index in [1.54, 1.807) is 10.7 Å². The largest absolute Gasteiger partial charge is 0.465 e. The minimum Gasteiger partial charge on any atom is -0.465 e. The lowest BCUT2D eigenvalue weighted by Crippen LogP contribution is -2.47. The van der Waals surface area contributed by atoms with Gasteiger partial charge in [-0.3, -0.25) is 14.8 Å². The van der Waals surface area contributed by atoms with Gasteiger partial charge in [0.2, 0.25) is 0 Å². The Morgan fingerprint density at radius 1 is 1.48 bits per heavy atom. The fourth-order valence-electron chi connectivity index (χ4n) is 3.34. The monoisotopic (exact) mass is 347 g/mol. The maximum atomic E-state index is 11.5. The summed E-state index contributed by atoms with van der Waals surface area (Å²) in [4.78, 5) is 24.0. The molecule has 1 saturated heterocycles. The van der Waals surface area contributed by atoms with Crippen molar-refractivity contribution in [2.24, 2.45) is 0 Å². The van der Waals surface area contributed by atoms with Crippen LogP contribution in [-0.4, -0.2) is 44.5 Å². The number of carbonyl (C=O) groups is 1. The number of nitro groups is 1. The maximum Gasteiger partial charge on any atom is 0.405 e. The molecule has 0 spiro atoms. The maximum absolute atomic E-state index is 11.5. The smallest absolute Gasteiger partial charge is 0.405 e. The number of rotatable bonds is 4. The van der Waals surface area contributed by atoms with Crippen LogP contribution in [0.2, 0.25) is 0 Å². The van der Waals surface area contributed by atoms with Crippen LogP contribution in [0.5, 0.6) is 0 Å². The van der Waals surface area contributed by atoms with E-state index in [1.807, 2.05) is 31.9 Å². The molecule has 1 aromatic carbocycles. The molecule has 0 radical (unpaired) electrons. The van der Waals surface area contributed by atoms with Crippen LogP contribution in [0.1, 0.15) is 33.2 Å². The van der Waals surface area contributed by atoms with Gasteiger partial charge in [-0.2, -0.15) is 5.10 Å². The molecule has 134 valence electrons. The van der Waals surface area contributed by atoms with Crippen LogP contribution in [0, 0.1) is 10.1 Å². The Morgan fingerprint density at radius 3 is 2.80 bits per heavy atom. The first kappa shape index (κ1) is 17.0. The highest BCUT2D eigenvalue weighted by atomic mass is 16.6. The lowest BCUT2D eigenvalue weighted by Gasteiger charge is -2.25. The van der Waals surface area contributed by atoms with Crippen molar-refractivity contribution in [3.63, 3.8) is 0 Å². The van der Waals surface area contributed by atoms with E-state index >= 15 is 0 Å². The number of benzene rings is 1. The van der Waals surface area contributed by atoms with Gasteiger partial charge in [-0.05, 0) is 33.3 Å². The van der Waals surface area contributed by atoms with Crippen molar-refractivity contribution in [3.8, 4) is 0 Å². The summed E-state index contributed by atoms with van der Waals surface area (Å²) in [6.07, 6.45) is 1.30. The summed E-state index contributed by atoms with van der Waals surface area (Å²) in [5.74, 6) is 0. The molecule has 1 fully saturated rings. The third kappa shape index (κ3) is 3.09. The quantitative estimate of drug-likeness (QED) is 0.649. The van der Waals surface area contributed by atoms with Gasteiger partial charge in [-0.15, -0.1) is 0 Å². The van der Waals surface area contributed by atoms with Crippen molar-refractivity contribution in [2.75, 3.05) is 18.0 Å².